The van der Waals surface area contributed by atoms with E-state index in [2.05, 4.69) is 0 Å². The van der Waals surface area contributed by atoms with E-state index in [1.54, 1.807) is 0 Å². The number of nitrogens with zero attached hydrogens (tertiary/aromatic N) is 5. The summed E-state index contributed by atoms with van der Waals surface area (Å²) in [5.74, 6) is -5.58. The minimum atomic E-state index is -1.92. The van der Waals surface area contributed by atoms with E-state index >= 15 is 0 Å². The van der Waals surface area contributed by atoms with Crippen molar-refractivity contribution in [3.05, 3.63) is 0 Å². The predicted molar refractivity (Wildman–Crippen MR) is 264 cm³/mol. The van der Waals surface area contributed by atoms with Crippen LogP contribution < -0.4 is 0 Å². The third kappa shape index (κ3) is 25.0. The maximum absolute atomic E-state index is 14.0. The van der Waals surface area contributed by atoms with Gasteiger partial charge in [-0.15, -0.1) is 0 Å². The molecule has 0 aromatic rings. The van der Waals surface area contributed by atoms with Gasteiger partial charge in [0.05, 0.1) is 59.2 Å². The fourth-order valence-corrected chi connectivity index (χ4v) is 8.83. The summed E-state index contributed by atoms with van der Waals surface area (Å²) in [6.45, 7) is -6.22. The first-order valence-electron chi connectivity index (χ1n) is 26.5. The van der Waals surface area contributed by atoms with Crippen LogP contribution in [0.3, 0.4) is 0 Å². The number of carbonyl (C=O) groups is 5. The quantitative estimate of drug-likeness (QED) is 0.0259. The molecule has 0 aliphatic carbocycles. The zero-order chi connectivity index (χ0) is 61.8. The number of amides is 2. The molecule has 4 saturated heterocycles. The number of aliphatic carboxylic acids is 3. The van der Waals surface area contributed by atoms with Crippen LogP contribution in [0.15, 0.2) is 0 Å². The van der Waals surface area contributed by atoms with Crippen molar-refractivity contribution in [1.29, 1.82) is 0 Å². The first-order chi connectivity index (χ1) is 39.1. The molecular formula is C46H81GdN5O33+. The summed E-state index contributed by atoms with van der Waals surface area (Å²) >= 11 is 0. The van der Waals surface area contributed by atoms with Crippen molar-refractivity contribution < 1.29 is 204 Å². The predicted octanol–water partition coefficient (Wildman–Crippen LogP) is -12.7. The molecule has 1 radical (unpaired) electrons. The number of rotatable bonds is 36. The topological polar surface area (TPSA) is 588 Å². The van der Waals surface area contributed by atoms with Gasteiger partial charge >= 0.3 is 57.8 Å². The zero-order valence-electron chi connectivity index (χ0n) is 45.7. The zero-order valence-corrected chi connectivity index (χ0v) is 48.0. The summed E-state index contributed by atoms with van der Waals surface area (Å²) in [6.07, 6.45) is -36.1. The summed E-state index contributed by atoms with van der Waals surface area (Å²) < 4.78 is 41.8. The van der Waals surface area contributed by atoms with Crippen molar-refractivity contribution in [2.45, 2.75) is 149 Å². The van der Waals surface area contributed by atoms with Gasteiger partial charge in [-0.2, -0.15) is 0 Å². The monoisotopic (exact) mass is 1390 g/mol. The van der Waals surface area contributed by atoms with Crippen LogP contribution in [-0.2, 0) is 67.3 Å². The van der Waals surface area contributed by atoms with E-state index in [0.29, 0.717) is 0 Å². The number of aliphatic hydroxyl groups excluding tert-OH is 16. The molecule has 0 aromatic carbocycles. The van der Waals surface area contributed by atoms with Gasteiger partial charge in [0.25, 0.3) is 0 Å². The summed E-state index contributed by atoms with van der Waals surface area (Å²) in [5.41, 5.74) is 0. The SMILES string of the molecule is O=C(O)CN(CCN(CC(=O)O)CC(=O)N(CCCOC1O[C@H](O)[C@@H](O)[C@H](O)[C@@H]1O)CCCOC1O[C@H](O)[C@@H](O)[C@H](O)[C@@H]1O)CCN(CC(=O)O)CC(=O)N(CCCOC1O[C@H](O)[C@@H](O)[C@H](O)[C@@H]1O)CCCOC1O[C@H](O)[C@@H](O)[C@H](O)[C@@H]1O.[Gd+3].[O-2]. The molecule has 19 N–H and O–H groups in total. The Kier molecular flexibility index (Phi) is 36.0. The molecule has 4 aliphatic heterocycles. The van der Waals surface area contributed by atoms with Gasteiger partial charge in [0.2, 0.25) is 11.8 Å². The molecule has 4 unspecified atom stereocenters. The molecule has 0 aromatic heterocycles. The van der Waals surface area contributed by atoms with Crippen molar-refractivity contribution in [2.75, 3.05) is 112 Å². The molecule has 0 spiro atoms. The largest absolute Gasteiger partial charge is 3.00 e. The molecular weight excluding hydrogens is 1310 g/mol. The minimum absolute atomic E-state index is 0. The Morgan fingerprint density at radius 1 is 0.306 bits per heavy atom. The maximum Gasteiger partial charge on any atom is 3.00 e. The van der Waals surface area contributed by atoms with Gasteiger partial charge in [-0.1, -0.05) is 0 Å². The van der Waals surface area contributed by atoms with Crippen molar-refractivity contribution in [3.8, 4) is 0 Å². The number of carbonyl (C=O) groups excluding carboxylic acids is 2. The van der Waals surface area contributed by atoms with Crippen LogP contribution in [0.5, 0.6) is 0 Å². The molecule has 4 fully saturated rings. The fraction of sp³-hybridized carbons (Fsp3) is 0.891. The fourth-order valence-electron chi connectivity index (χ4n) is 8.83. The van der Waals surface area contributed by atoms with Gasteiger partial charge in [-0.05, 0) is 25.7 Å². The van der Waals surface area contributed by atoms with Crippen LogP contribution in [0.1, 0.15) is 25.7 Å². The molecule has 2 amide bonds. The van der Waals surface area contributed by atoms with Crippen LogP contribution in [0.4, 0.5) is 0 Å². The van der Waals surface area contributed by atoms with E-state index in [4.69, 9.17) is 37.9 Å². The van der Waals surface area contributed by atoms with Crippen LogP contribution in [-0.4, -0.2) is 386 Å². The normalized spacial score (nSPS) is 33.3. The number of carboxylic acid groups (broad SMARTS) is 3. The van der Waals surface area contributed by atoms with Crippen LogP contribution in [0, 0.1) is 39.9 Å². The van der Waals surface area contributed by atoms with E-state index in [-0.39, 0.29) is 150 Å². The van der Waals surface area contributed by atoms with E-state index in [1.165, 1.54) is 14.7 Å². The van der Waals surface area contributed by atoms with Gasteiger partial charge in [-0.25, -0.2) is 0 Å². The molecule has 4 aliphatic rings. The van der Waals surface area contributed by atoms with Gasteiger partial charge < -0.3 is 150 Å². The van der Waals surface area contributed by atoms with Gasteiger partial charge in [0, 0.05) is 52.4 Å². The molecule has 4 rings (SSSR count). The molecule has 38 nitrogen and oxygen atoms in total. The van der Waals surface area contributed by atoms with Crippen molar-refractivity contribution in [1.82, 2.24) is 24.5 Å². The Labute approximate surface area is 516 Å². The van der Waals surface area contributed by atoms with E-state index < -0.39 is 186 Å². The van der Waals surface area contributed by atoms with Crippen LogP contribution in [0.2, 0.25) is 0 Å². The summed E-state index contributed by atoms with van der Waals surface area (Å²) in [7, 11) is 0. The smallest absolute Gasteiger partial charge is 2.00 e. The molecule has 0 bridgehead atoms. The van der Waals surface area contributed by atoms with Crippen molar-refractivity contribution in [3.63, 3.8) is 0 Å². The Balaban J connectivity index is 0.0000123. The molecule has 39 heteroatoms. The number of hydrogen-bond acceptors (Lipinski definition) is 32. The maximum atomic E-state index is 14.0. The second kappa shape index (κ2) is 39.0. The number of hydrogen-bond donors (Lipinski definition) is 19. The van der Waals surface area contributed by atoms with E-state index in [0.717, 1.165) is 9.80 Å². The molecule has 495 valence electrons. The Hall–Kier alpha value is -2.45. The van der Waals surface area contributed by atoms with Gasteiger partial charge in [0.15, 0.2) is 50.3 Å². The molecule has 0 saturated carbocycles. The Morgan fingerprint density at radius 2 is 0.518 bits per heavy atom. The van der Waals surface area contributed by atoms with Gasteiger partial charge in [0.1, 0.15) is 73.2 Å². The van der Waals surface area contributed by atoms with Crippen LogP contribution >= 0.6 is 0 Å². The van der Waals surface area contributed by atoms with Crippen molar-refractivity contribution >= 4 is 29.7 Å². The van der Waals surface area contributed by atoms with E-state index in [9.17, 15) is 121 Å². The average molecular weight is 1390 g/mol. The third-order valence-electron chi connectivity index (χ3n) is 13.6. The Bertz CT molecular complexity index is 1780. The Morgan fingerprint density at radius 3 is 0.741 bits per heavy atom. The number of ether oxygens (including phenoxy) is 8. The summed E-state index contributed by atoms with van der Waals surface area (Å²) in [4.78, 5) is 70.3. The summed E-state index contributed by atoms with van der Waals surface area (Å²) in [5, 5.41) is 189. The standard InChI is InChI=1S/C46H81N5O32.Gd.O/c52-22(50(5-1-13-76-43-35(68)27(60)31(64)39(72)80-43)6-2-14-77-44-36(69)28(61)32(65)40(73)81-44)17-48(20-25(56)57)11-9-47(19-24(54)55)10-12-49(21-26(58)59)18-23(53)51(7-3-15-78-45-37(70)29(62)33(66)41(74)82-45)8-4-16-79-46-38(71)30(63)34(67)42(75)83-46;;/h27-46,60-75H,1-21H2,(H,54,55)(H,56,57)(H,58,59);;/q;+3;-2/t27-,28-,29-,30-,31-,32-,33-,34-,35-,36-,37-,38-,39-,40-,41-,42-,43?,44?,45?,46?;;/m0../s1. The second-order valence-electron chi connectivity index (χ2n) is 20.0. The summed E-state index contributed by atoms with van der Waals surface area (Å²) in [6, 6.07) is 0. The van der Waals surface area contributed by atoms with E-state index in [1.807, 2.05) is 0 Å². The first kappa shape index (κ1) is 78.6. The number of carboxylic acids is 3. The third-order valence-corrected chi connectivity index (χ3v) is 13.6. The molecule has 20 atom stereocenters. The number of aliphatic hydroxyl groups is 16. The second-order valence-corrected chi connectivity index (χ2v) is 20.0. The van der Waals surface area contributed by atoms with Crippen LogP contribution in [0.25, 0.3) is 0 Å². The molecule has 4 heterocycles. The minimum Gasteiger partial charge on any atom is -2.00 e. The van der Waals surface area contributed by atoms with Crippen molar-refractivity contribution in [2.24, 2.45) is 0 Å². The first-order valence-corrected chi connectivity index (χ1v) is 26.5. The average Bonchev–Trinajstić information content (AvgIpc) is 3.65. The van der Waals surface area contributed by atoms with Gasteiger partial charge in [-0.3, -0.25) is 38.7 Å². The molecule has 85 heavy (non-hydrogen) atoms.